The molecule has 3 aromatic rings. The van der Waals surface area contributed by atoms with Gasteiger partial charge in [0.2, 0.25) is 0 Å². The number of imidazole rings is 1. The lowest BCUT2D eigenvalue weighted by molar-refractivity contribution is -0.0436. The summed E-state index contributed by atoms with van der Waals surface area (Å²) >= 11 is 0. The third-order valence-electron chi connectivity index (χ3n) is 4.62. The number of hydrogen-bond acceptors (Lipinski definition) is 8. The topological polar surface area (TPSA) is 132 Å². The Morgan fingerprint density at radius 2 is 2.07 bits per heavy atom. The molecule has 0 radical (unpaired) electrons. The first-order valence-electron chi connectivity index (χ1n) is 8.83. The number of nitrogens with zero attached hydrogens (tertiary/aromatic N) is 4. The second kappa shape index (κ2) is 8.52. The molecule has 1 saturated heterocycles. The molecule has 0 aliphatic carbocycles. The predicted molar refractivity (Wildman–Crippen MR) is 101 cm³/mol. The molecule has 29 heavy (non-hydrogen) atoms. The summed E-state index contributed by atoms with van der Waals surface area (Å²) in [4.78, 5) is 21.6. The van der Waals surface area contributed by atoms with Gasteiger partial charge in [0.15, 0.2) is 29.4 Å². The minimum atomic E-state index is -3.41. The number of aromatic nitrogens is 4. The fourth-order valence-corrected chi connectivity index (χ4v) is 3.79. The van der Waals surface area contributed by atoms with Crippen molar-refractivity contribution < 1.29 is 28.2 Å². The number of ether oxygens (including phenoxy) is 1. The van der Waals surface area contributed by atoms with Crippen LogP contribution in [0.5, 0.6) is 0 Å². The molecular formula is C17H19FN5O5P. The van der Waals surface area contributed by atoms with Crippen LogP contribution in [0.2, 0.25) is 0 Å². The molecule has 10 nitrogen and oxygen atoms in total. The Hall–Kier alpha value is -2.43. The summed E-state index contributed by atoms with van der Waals surface area (Å²) in [5.74, 6) is 0.470. The van der Waals surface area contributed by atoms with Crippen LogP contribution in [-0.4, -0.2) is 54.5 Å². The molecule has 5 atom stereocenters. The standard InChI is InChI=1S/C17H19FN5O5P/c18-12-14(28-29(25)26)11(7-24)27-17(12)23-9-22-13-15(20-8-21-16(13)23)19-6-10-4-2-1-3-5-10/h1-5,8-9,11-12,14,17,24,29H,6-7H2,(H,25,26)(H,19,20,21)/t11-,12-,14-,17-/m1/s1. The SMILES string of the molecule is O=[PH](O)O[C@H]1[C@@H](F)[C@H](n2cnc3c(NCc4ccccc4)ncnc32)O[C@@H]1CO. The first-order valence-corrected chi connectivity index (χ1v) is 10.1. The maximum Gasteiger partial charge on any atom is 0.317 e. The van der Waals surface area contributed by atoms with Gasteiger partial charge in [-0.05, 0) is 5.56 Å². The first-order chi connectivity index (χ1) is 14.1. The van der Waals surface area contributed by atoms with Gasteiger partial charge in [-0.3, -0.25) is 9.13 Å². The van der Waals surface area contributed by atoms with Crippen molar-refractivity contribution in [1.82, 2.24) is 19.5 Å². The minimum absolute atomic E-state index is 0.317. The summed E-state index contributed by atoms with van der Waals surface area (Å²) in [6.45, 7) is -0.0546. The Labute approximate surface area is 165 Å². The highest BCUT2D eigenvalue weighted by Gasteiger charge is 2.48. The predicted octanol–water partition coefficient (Wildman–Crippen LogP) is 1.43. The fourth-order valence-electron chi connectivity index (χ4n) is 3.27. The van der Waals surface area contributed by atoms with Crippen LogP contribution in [0.15, 0.2) is 43.0 Å². The van der Waals surface area contributed by atoms with E-state index in [1.54, 1.807) is 0 Å². The Morgan fingerprint density at radius 1 is 1.28 bits per heavy atom. The molecule has 1 unspecified atom stereocenters. The maximum atomic E-state index is 14.9. The average Bonchev–Trinajstić information content (AvgIpc) is 3.28. The van der Waals surface area contributed by atoms with Crippen molar-refractivity contribution in [2.24, 2.45) is 0 Å². The highest BCUT2D eigenvalue weighted by atomic mass is 31.1. The fraction of sp³-hybridized carbons (Fsp3) is 0.353. The van der Waals surface area contributed by atoms with Crippen molar-refractivity contribution in [2.45, 2.75) is 31.2 Å². The van der Waals surface area contributed by atoms with E-state index in [4.69, 9.17) is 14.2 Å². The molecule has 12 heteroatoms. The number of aliphatic hydroxyl groups is 1. The number of benzene rings is 1. The summed E-state index contributed by atoms with van der Waals surface area (Å²) in [5, 5.41) is 12.6. The van der Waals surface area contributed by atoms with Crippen LogP contribution in [0.25, 0.3) is 11.2 Å². The zero-order valence-electron chi connectivity index (χ0n) is 15.1. The van der Waals surface area contributed by atoms with Crippen LogP contribution in [0.1, 0.15) is 11.8 Å². The summed E-state index contributed by atoms with van der Waals surface area (Å²) in [7, 11) is -3.41. The van der Waals surface area contributed by atoms with Crippen molar-refractivity contribution in [3.63, 3.8) is 0 Å². The summed E-state index contributed by atoms with van der Waals surface area (Å²) in [6.07, 6.45) is -2.83. The van der Waals surface area contributed by atoms with E-state index in [1.165, 1.54) is 17.2 Å². The molecule has 4 rings (SSSR count). The van der Waals surface area contributed by atoms with Crippen LogP contribution >= 0.6 is 8.25 Å². The second-order valence-electron chi connectivity index (χ2n) is 6.43. The minimum Gasteiger partial charge on any atom is -0.394 e. The average molecular weight is 423 g/mol. The molecule has 1 aliphatic heterocycles. The van der Waals surface area contributed by atoms with Crippen LogP contribution in [-0.2, 0) is 20.4 Å². The Morgan fingerprint density at radius 3 is 2.79 bits per heavy atom. The molecule has 0 bridgehead atoms. The number of halogens is 1. The Balaban J connectivity index is 1.60. The number of fused-ring (bicyclic) bond motifs is 1. The van der Waals surface area contributed by atoms with E-state index in [0.29, 0.717) is 23.5 Å². The largest absolute Gasteiger partial charge is 0.394 e. The van der Waals surface area contributed by atoms with Gasteiger partial charge in [0.25, 0.3) is 0 Å². The van der Waals surface area contributed by atoms with Gasteiger partial charge in [0.05, 0.1) is 12.9 Å². The van der Waals surface area contributed by atoms with Crippen molar-refractivity contribution in [1.29, 1.82) is 0 Å². The van der Waals surface area contributed by atoms with Crippen LogP contribution in [0.3, 0.4) is 0 Å². The number of anilines is 1. The molecule has 0 saturated carbocycles. The van der Waals surface area contributed by atoms with E-state index in [-0.39, 0.29) is 0 Å². The number of aliphatic hydroxyl groups excluding tert-OH is 1. The van der Waals surface area contributed by atoms with E-state index in [1.807, 2.05) is 30.3 Å². The van der Waals surface area contributed by atoms with Crippen molar-refractivity contribution >= 4 is 25.2 Å². The normalized spacial score (nSPS) is 25.3. The molecule has 3 N–H and O–H groups in total. The zero-order valence-corrected chi connectivity index (χ0v) is 16.1. The number of hydrogen-bond donors (Lipinski definition) is 3. The van der Waals surface area contributed by atoms with Crippen molar-refractivity contribution in [3.8, 4) is 0 Å². The molecular weight excluding hydrogens is 404 g/mol. The highest BCUT2D eigenvalue weighted by Crippen LogP contribution is 2.38. The molecule has 2 aromatic heterocycles. The number of nitrogens with one attached hydrogen (secondary N) is 1. The lowest BCUT2D eigenvalue weighted by Crippen LogP contribution is -2.32. The van der Waals surface area contributed by atoms with E-state index in [2.05, 4.69) is 20.3 Å². The molecule has 1 fully saturated rings. The van der Waals surface area contributed by atoms with Crippen molar-refractivity contribution in [3.05, 3.63) is 48.5 Å². The van der Waals surface area contributed by atoms with Gasteiger partial charge in [-0.2, -0.15) is 0 Å². The summed E-state index contributed by atoms with van der Waals surface area (Å²) in [6, 6.07) is 9.71. The smallest absolute Gasteiger partial charge is 0.317 e. The maximum absolute atomic E-state index is 14.9. The Kier molecular flexibility index (Phi) is 5.84. The van der Waals surface area contributed by atoms with Gasteiger partial charge in [0.1, 0.15) is 18.5 Å². The first kappa shape index (κ1) is 19.9. The third-order valence-corrected chi connectivity index (χ3v) is 5.09. The van der Waals surface area contributed by atoms with E-state index < -0.39 is 39.5 Å². The zero-order chi connectivity index (χ0) is 20.4. The van der Waals surface area contributed by atoms with Gasteiger partial charge in [-0.25, -0.2) is 19.3 Å². The molecule has 154 valence electrons. The molecule has 0 spiro atoms. The quantitative estimate of drug-likeness (QED) is 0.483. The van der Waals surface area contributed by atoms with E-state index in [0.717, 1.165) is 5.56 Å². The van der Waals surface area contributed by atoms with Crippen LogP contribution in [0, 0.1) is 0 Å². The van der Waals surface area contributed by atoms with E-state index >= 15 is 0 Å². The highest BCUT2D eigenvalue weighted by molar-refractivity contribution is 7.32. The lowest BCUT2D eigenvalue weighted by atomic mass is 10.1. The summed E-state index contributed by atoms with van der Waals surface area (Å²) < 4.78 is 37.5. The molecule has 0 amide bonds. The molecule has 3 heterocycles. The van der Waals surface area contributed by atoms with Crippen molar-refractivity contribution in [2.75, 3.05) is 11.9 Å². The van der Waals surface area contributed by atoms with E-state index in [9.17, 15) is 14.1 Å². The third kappa shape index (κ3) is 4.00. The Bertz CT molecular complexity index is 1010. The lowest BCUT2D eigenvalue weighted by Gasteiger charge is -2.16. The second-order valence-corrected chi connectivity index (χ2v) is 7.19. The van der Waals surface area contributed by atoms with Crippen LogP contribution in [0.4, 0.5) is 10.2 Å². The summed E-state index contributed by atoms with van der Waals surface area (Å²) in [5.41, 5.74) is 1.78. The number of rotatable bonds is 7. The number of alkyl halides is 1. The van der Waals surface area contributed by atoms with Gasteiger partial charge in [-0.1, -0.05) is 30.3 Å². The monoisotopic (exact) mass is 423 g/mol. The van der Waals surface area contributed by atoms with Gasteiger partial charge < -0.3 is 24.6 Å². The molecule has 1 aromatic carbocycles. The molecule has 1 aliphatic rings. The van der Waals surface area contributed by atoms with Gasteiger partial charge >= 0.3 is 8.25 Å². The van der Waals surface area contributed by atoms with Gasteiger partial charge in [-0.15, -0.1) is 0 Å². The van der Waals surface area contributed by atoms with Gasteiger partial charge in [0, 0.05) is 6.54 Å². The van der Waals surface area contributed by atoms with Crippen LogP contribution < -0.4 is 5.32 Å².